The third-order valence-electron chi connectivity index (χ3n) is 4.26. The Morgan fingerprint density at radius 1 is 1.04 bits per heavy atom. The van der Waals surface area contributed by atoms with E-state index in [-0.39, 0.29) is 23.5 Å². The fraction of sp³-hybridized carbons (Fsp3) is 0.524. The van der Waals surface area contributed by atoms with Crippen LogP contribution in [-0.4, -0.2) is 46.3 Å². The topological polar surface area (TPSA) is 92.8 Å². The summed E-state index contributed by atoms with van der Waals surface area (Å²) in [6.07, 6.45) is -0.797. The van der Waals surface area contributed by atoms with Gasteiger partial charge in [0.1, 0.15) is 6.04 Å². The Hall–Kier alpha value is -2.70. The van der Waals surface area contributed by atoms with Crippen molar-refractivity contribution < 1.29 is 23.9 Å². The summed E-state index contributed by atoms with van der Waals surface area (Å²) < 4.78 is 5.33. The normalized spacial score (nSPS) is 16.0. The van der Waals surface area contributed by atoms with Crippen molar-refractivity contribution in [2.75, 3.05) is 0 Å². The number of ether oxygens (including phenoxy) is 1. The summed E-state index contributed by atoms with van der Waals surface area (Å²) in [5, 5.41) is 2.74. The molecule has 1 N–H and O–H groups in total. The van der Waals surface area contributed by atoms with Crippen molar-refractivity contribution in [2.45, 2.75) is 65.6 Å². The Labute approximate surface area is 165 Å². The van der Waals surface area contributed by atoms with Crippen LogP contribution in [0.2, 0.25) is 0 Å². The van der Waals surface area contributed by atoms with Gasteiger partial charge < -0.3 is 10.1 Å². The van der Waals surface area contributed by atoms with E-state index >= 15 is 0 Å². The maximum atomic E-state index is 12.8. The van der Waals surface area contributed by atoms with Crippen molar-refractivity contribution in [2.24, 2.45) is 5.92 Å². The molecule has 28 heavy (non-hydrogen) atoms. The van der Waals surface area contributed by atoms with Gasteiger partial charge in [-0.2, -0.15) is 0 Å². The molecule has 0 aliphatic carbocycles. The van der Waals surface area contributed by atoms with Gasteiger partial charge in [-0.15, -0.1) is 0 Å². The SMILES string of the molecule is CC(C)C[C@@H](C(=O)O[C@@H](C)C(=O)NC(C)(C)C)N1C(=O)c2ccccc2C1=O. The first kappa shape index (κ1) is 21.6. The molecule has 0 spiro atoms. The van der Waals surface area contributed by atoms with Gasteiger partial charge in [0.05, 0.1) is 11.1 Å². The lowest BCUT2D eigenvalue weighted by molar-refractivity contribution is -0.159. The van der Waals surface area contributed by atoms with Gasteiger partial charge in [0.2, 0.25) is 0 Å². The van der Waals surface area contributed by atoms with Crippen LogP contribution in [0.25, 0.3) is 0 Å². The first-order valence-corrected chi connectivity index (χ1v) is 9.41. The molecule has 0 saturated carbocycles. The first-order chi connectivity index (χ1) is 12.9. The highest BCUT2D eigenvalue weighted by molar-refractivity contribution is 6.22. The van der Waals surface area contributed by atoms with Crippen LogP contribution in [0.4, 0.5) is 0 Å². The van der Waals surface area contributed by atoms with E-state index in [9.17, 15) is 19.2 Å². The van der Waals surface area contributed by atoms with Crippen molar-refractivity contribution >= 4 is 23.7 Å². The average molecular weight is 388 g/mol. The van der Waals surface area contributed by atoms with Crippen LogP contribution in [0, 0.1) is 5.92 Å². The molecule has 1 heterocycles. The summed E-state index contributed by atoms with van der Waals surface area (Å²) in [7, 11) is 0. The predicted molar refractivity (Wildman–Crippen MR) is 104 cm³/mol. The van der Waals surface area contributed by atoms with Gasteiger partial charge in [0, 0.05) is 5.54 Å². The highest BCUT2D eigenvalue weighted by atomic mass is 16.5. The monoisotopic (exact) mass is 388 g/mol. The molecule has 1 aliphatic heterocycles. The zero-order valence-electron chi connectivity index (χ0n) is 17.2. The second kappa shape index (κ2) is 8.12. The van der Waals surface area contributed by atoms with Gasteiger partial charge in [-0.05, 0) is 52.2 Å². The van der Waals surface area contributed by atoms with Crippen molar-refractivity contribution in [3.8, 4) is 0 Å². The van der Waals surface area contributed by atoms with Gasteiger partial charge in [-0.1, -0.05) is 26.0 Å². The lowest BCUT2D eigenvalue weighted by Gasteiger charge is -2.28. The molecule has 0 saturated heterocycles. The Morgan fingerprint density at radius 3 is 1.96 bits per heavy atom. The van der Waals surface area contributed by atoms with Gasteiger partial charge >= 0.3 is 5.97 Å². The van der Waals surface area contributed by atoms with Crippen LogP contribution in [0.1, 0.15) is 68.7 Å². The molecule has 1 aromatic carbocycles. The van der Waals surface area contributed by atoms with Gasteiger partial charge in [-0.25, -0.2) is 4.79 Å². The maximum Gasteiger partial charge on any atom is 0.330 e. The summed E-state index contributed by atoms with van der Waals surface area (Å²) in [5.41, 5.74) is 0.0672. The molecule has 0 fully saturated rings. The summed E-state index contributed by atoms with van der Waals surface area (Å²) in [6, 6.07) is 5.38. The van der Waals surface area contributed by atoms with Gasteiger partial charge in [0.25, 0.3) is 17.7 Å². The number of carbonyl (C=O) groups is 4. The van der Waals surface area contributed by atoms with Crippen LogP contribution < -0.4 is 5.32 Å². The van der Waals surface area contributed by atoms with Crippen LogP contribution >= 0.6 is 0 Å². The lowest BCUT2D eigenvalue weighted by Crippen LogP contribution is -2.50. The second-order valence-corrected chi connectivity index (χ2v) is 8.49. The zero-order valence-corrected chi connectivity index (χ0v) is 17.2. The highest BCUT2D eigenvalue weighted by Gasteiger charge is 2.44. The molecule has 7 nitrogen and oxygen atoms in total. The molecule has 152 valence electrons. The third kappa shape index (κ3) is 4.77. The number of nitrogens with one attached hydrogen (secondary N) is 1. The molecular weight excluding hydrogens is 360 g/mol. The number of carbonyl (C=O) groups excluding carboxylic acids is 4. The number of rotatable bonds is 6. The van der Waals surface area contributed by atoms with Crippen LogP contribution in [-0.2, 0) is 14.3 Å². The van der Waals surface area contributed by atoms with E-state index in [0.717, 1.165) is 4.90 Å². The summed E-state index contributed by atoms with van der Waals surface area (Å²) in [6.45, 7) is 10.7. The number of benzene rings is 1. The molecule has 7 heteroatoms. The predicted octanol–water partition coefficient (Wildman–Crippen LogP) is 2.54. The van der Waals surface area contributed by atoms with Crippen LogP contribution in [0.3, 0.4) is 0 Å². The molecule has 1 aromatic rings. The Kier molecular flexibility index (Phi) is 6.27. The number of fused-ring (bicyclic) bond motifs is 1. The van der Waals surface area contributed by atoms with E-state index in [1.165, 1.54) is 6.92 Å². The Bertz CT molecular complexity index is 759. The van der Waals surface area contributed by atoms with Gasteiger partial charge in [0.15, 0.2) is 6.10 Å². The average Bonchev–Trinajstić information content (AvgIpc) is 2.82. The molecular formula is C21H28N2O5. The number of hydrogen-bond acceptors (Lipinski definition) is 5. The number of imide groups is 1. The summed E-state index contributed by atoms with van der Waals surface area (Å²) in [4.78, 5) is 51.6. The van der Waals surface area contributed by atoms with E-state index in [4.69, 9.17) is 4.74 Å². The number of amides is 3. The fourth-order valence-electron chi connectivity index (χ4n) is 3.02. The quantitative estimate of drug-likeness (QED) is 0.597. The van der Waals surface area contributed by atoms with Crippen LogP contribution in [0.5, 0.6) is 0 Å². The minimum absolute atomic E-state index is 0.0283. The smallest absolute Gasteiger partial charge is 0.330 e. The number of esters is 1. The molecule has 1 aliphatic rings. The number of hydrogen-bond donors (Lipinski definition) is 1. The minimum atomic E-state index is -1.09. The van der Waals surface area contributed by atoms with E-state index < -0.39 is 41.4 Å². The molecule has 0 bridgehead atoms. The molecule has 2 atom stereocenters. The molecule has 0 unspecified atom stereocenters. The Morgan fingerprint density at radius 2 is 1.54 bits per heavy atom. The van der Waals surface area contributed by atoms with Gasteiger partial charge in [-0.3, -0.25) is 19.3 Å². The lowest BCUT2D eigenvalue weighted by atomic mass is 10.0. The largest absolute Gasteiger partial charge is 0.451 e. The maximum absolute atomic E-state index is 12.8. The molecule has 2 rings (SSSR count). The van der Waals surface area contributed by atoms with Crippen molar-refractivity contribution in [3.05, 3.63) is 35.4 Å². The molecule has 0 radical (unpaired) electrons. The van der Waals surface area contributed by atoms with E-state index in [2.05, 4.69) is 5.32 Å². The van der Waals surface area contributed by atoms with Crippen molar-refractivity contribution in [1.82, 2.24) is 10.2 Å². The van der Waals surface area contributed by atoms with Crippen LogP contribution in [0.15, 0.2) is 24.3 Å². The second-order valence-electron chi connectivity index (χ2n) is 8.49. The summed E-state index contributed by atoms with van der Waals surface area (Å²) >= 11 is 0. The number of nitrogens with zero attached hydrogens (tertiary/aromatic N) is 1. The first-order valence-electron chi connectivity index (χ1n) is 9.41. The zero-order chi connectivity index (χ0) is 21.2. The molecule has 0 aromatic heterocycles. The fourth-order valence-corrected chi connectivity index (χ4v) is 3.02. The highest BCUT2D eigenvalue weighted by Crippen LogP contribution is 2.27. The summed E-state index contributed by atoms with van der Waals surface area (Å²) in [5.74, 6) is -2.21. The standard InChI is InChI=1S/C21H28N2O5/c1-12(2)11-16(20(27)28-13(3)17(24)22-21(4,5)6)23-18(25)14-9-7-8-10-15(14)19(23)26/h7-10,12-13,16H,11H2,1-6H3,(H,22,24)/t13-,16-/m0/s1. The molecule has 3 amide bonds. The van der Waals surface area contributed by atoms with Crippen molar-refractivity contribution in [1.29, 1.82) is 0 Å². The van der Waals surface area contributed by atoms with E-state index in [0.29, 0.717) is 0 Å². The van der Waals surface area contributed by atoms with Crippen molar-refractivity contribution in [3.63, 3.8) is 0 Å². The third-order valence-corrected chi connectivity index (χ3v) is 4.26. The van der Waals surface area contributed by atoms with E-state index in [1.54, 1.807) is 24.3 Å². The minimum Gasteiger partial charge on any atom is -0.451 e. The van der Waals surface area contributed by atoms with E-state index in [1.807, 2.05) is 34.6 Å². The Balaban J connectivity index is 2.22.